The van der Waals surface area contributed by atoms with Gasteiger partial charge in [0.05, 0.1) is 30.8 Å². The number of hydrogen-bond donors (Lipinski definition) is 4. The van der Waals surface area contributed by atoms with E-state index in [1.165, 1.54) is 15.3 Å². The van der Waals surface area contributed by atoms with E-state index in [-0.39, 0.29) is 49.5 Å². The van der Waals surface area contributed by atoms with Crippen molar-refractivity contribution in [3.63, 3.8) is 0 Å². The van der Waals surface area contributed by atoms with Crippen LogP contribution in [-0.4, -0.2) is 91.5 Å². The smallest absolute Gasteiger partial charge is 0.287 e. The zero-order valence-electron chi connectivity index (χ0n) is 42.2. The van der Waals surface area contributed by atoms with Crippen molar-refractivity contribution >= 4 is 74.6 Å². The van der Waals surface area contributed by atoms with Gasteiger partial charge in [-0.05, 0) is 117 Å². The number of aliphatic hydroxyl groups excluding tert-OH is 1. The van der Waals surface area contributed by atoms with E-state index in [0.717, 1.165) is 43.4 Å². The molecule has 73 heavy (non-hydrogen) atoms. The van der Waals surface area contributed by atoms with E-state index in [9.17, 15) is 24.3 Å². The molecule has 4 amide bonds. The van der Waals surface area contributed by atoms with Crippen LogP contribution < -0.4 is 20.7 Å². The molecule has 7 aromatic rings. The fraction of sp³-hybridized carbons (Fsp3) is 0.364. The van der Waals surface area contributed by atoms with Crippen molar-refractivity contribution in [2.75, 3.05) is 13.1 Å². The number of hydrogen-bond acceptors (Lipinski definition) is 12. The van der Waals surface area contributed by atoms with Crippen LogP contribution in [0.25, 0.3) is 26.4 Å². The molecule has 2 aliphatic heterocycles. The number of nitrogens with one attached hydrogen (secondary N) is 3. The second-order valence-corrected chi connectivity index (χ2v) is 22.7. The van der Waals surface area contributed by atoms with Crippen LogP contribution in [0.3, 0.4) is 0 Å². The Balaban J connectivity index is 0.828. The molecule has 18 heteroatoms. The molecule has 380 valence electrons. The Bertz CT molecular complexity index is 3260. The molecular formula is C55H59ClN8O7S2. The van der Waals surface area contributed by atoms with Crippen molar-refractivity contribution in [2.24, 2.45) is 10.4 Å². The maximum atomic E-state index is 14.4. The Hall–Kier alpha value is -6.66. The van der Waals surface area contributed by atoms with Crippen LogP contribution in [0.5, 0.6) is 5.75 Å². The normalized spacial score (nSPS) is 17.8. The molecule has 0 aliphatic carbocycles. The number of amides is 4. The van der Waals surface area contributed by atoms with Gasteiger partial charge in [0.1, 0.15) is 46.4 Å². The molecule has 2 unspecified atom stereocenters. The second-order valence-electron chi connectivity index (χ2n) is 20.1. The van der Waals surface area contributed by atoms with Gasteiger partial charge in [-0.15, -0.1) is 32.9 Å². The minimum atomic E-state index is -1.07. The average molecular weight is 1040 g/mol. The van der Waals surface area contributed by atoms with Crippen LogP contribution in [0, 0.1) is 33.1 Å². The maximum absolute atomic E-state index is 14.4. The third-order valence-electron chi connectivity index (χ3n) is 13.5. The zero-order chi connectivity index (χ0) is 52.0. The standard InChI is InChI=1S/C55H59ClN8O7S2/c1-28-20-21-72-48(28)36-12-10-34(11-13-36)31(4)58-51(67)42-24-39(65)27-63(42)53(69)49(55(7,8)9)60-52(68)44-23-37-22-40(18-19-43(37)71-44)70-29(2)26-57-45(66)25-41-50-62-61-33(6)64(50)54-46(30(3)32(5)73-54)47(59-41)35-14-16-38(56)17-15-35/h10-23,29,31,39,41-42,49,65H,24-27H2,1-9H3,(H,57,66)(H,58,67)(H,60,68)/t29-,31?,39-,41?,42+,49-/m1/s1. The number of aliphatic hydroxyl groups is 1. The van der Waals surface area contributed by atoms with E-state index < -0.39 is 47.6 Å². The number of likely N-dealkylation sites (tertiary alicyclic amines) is 1. The van der Waals surface area contributed by atoms with Crippen molar-refractivity contribution < 1.29 is 33.4 Å². The molecule has 0 radical (unpaired) electrons. The van der Waals surface area contributed by atoms with Gasteiger partial charge in [-0.2, -0.15) is 0 Å². The number of aromatic nitrogens is 3. The van der Waals surface area contributed by atoms with Crippen molar-refractivity contribution in [3.05, 3.63) is 139 Å². The molecule has 0 bridgehead atoms. The van der Waals surface area contributed by atoms with E-state index >= 15 is 0 Å². The first-order valence-electron chi connectivity index (χ1n) is 24.3. The number of carbonyl (C=O) groups excluding carboxylic acids is 4. The first-order valence-corrected chi connectivity index (χ1v) is 26.4. The number of halogens is 1. The van der Waals surface area contributed by atoms with Gasteiger partial charge in [-0.25, -0.2) is 0 Å². The summed E-state index contributed by atoms with van der Waals surface area (Å²) < 4.78 is 14.2. The monoisotopic (exact) mass is 1040 g/mol. The number of furan rings is 1. The summed E-state index contributed by atoms with van der Waals surface area (Å²) in [7, 11) is 0. The van der Waals surface area contributed by atoms with E-state index in [1.54, 1.807) is 46.9 Å². The number of rotatable bonds is 14. The molecule has 3 aromatic carbocycles. The largest absolute Gasteiger partial charge is 0.489 e. The van der Waals surface area contributed by atoms with E-state index in [0.29, 0.717) is 33.4 Å². The molecule has 1 fully saturated rings. The van der Waals surface area contributed by atoms with Gasteiger partial charge in [-0.1, -0.05) is 68.8 Å². The first kappa shape index (κ1) is 51.2. The highest BCUT2D eigenvalue weighted by Gasteiger charge is 2.45. The number of β-amino-alcohol motifs (C(OH)–C–C–N with tert-alkyl or cyclic N) is 1. The third kappa shape index (κ3) is 10.7. The van der Waals surface area contributed by atoms with E-state index in [2.05, 4.69) is 58.4 Å². The fourth-order valence-corrected chi connectivity index (χ4v) is 11.7. The minimum Gasteiger partial charge on any atom is -0.489 e. The Labute approximate surface area is 437 Å². The van der Waals surface area contributed by atoms with Crippen molar-refractivity contribution in [1.29, 1.82) is 0 Å². The van der Waals surface area contributed by atoms with Crippen LogP contribution in [0.2, 0.25) is 5.02 Å². The van der Waals surface area contributed by atoms with Gasteiger partial charge in [0, 0.05) is 44.3 Å². The molecule has 4 aromatic heterocycles. The Morgan fingerprint density at radius 1 is 0.932 bits per heavy atom. The predicted octanol–water partition coefficient (Wildman–Crippen LogP) is 9.54. The quantitative estimate of drug-likeness (QED) is 0.0821. The molecule has 2 aliphatic rings. The number of thiophene rings is 2. The highest BCUT2D eigenvalue weighted by molar-refractivity contribution is 7.15. The van der Waals surface area contributed by atoms with Gasteiger partial charge in [0.2, 0.25) is 17.7 Å². The van der Waals surface area contributed by atoms with Crippen LogP contribution >= 0.6 is 34.3 Å². The molecule has 1 saturated heterocycles. The highest BCUT2D eigenvalue weighted by atomic mass is 35.5. The third-order valence-corrected chi connectivity index (χ3v) is 16.0. The van der Waals surface area contributed by atoms with Gasteiger partial charge >= 0.3 is 0 Å². The van der Waals surface area contributed by atoms with Crippen molar-refractivity contribution in [1.82, 2.24) is 35.6 Å². The summed E-state index contributed by atoms with van der Waals surface area (Å²) in [6.07, 6.45) is -1.29. The van der Waals surface area contributed by atoms with Gasteiger partial charge in [0.25, 0.3) is 5.91 Å². The maximum Gasteiger partial charge on any atom is 0.287 e. The number of aryl methyl sites for hydroxylation is 3. The first-order chi connectivity index (χ1) is 34.7. The number of nitrogens with zero attached hydrogens (tertiary/aromatic N) is 5. The van der Waals surface area contributed by atoms with Crippen molar-refractivity contribution in [3.8, 4) is 21.2 Å². The summed E-state index contributed by atoms with van der Waals surface area (Å²) in [4.78, 5) is 64.7. The molecular weight excluding hydrogens is 984 g/mol. The lowest BCUT2D eigenvalue weighted by Crippen LogP contribution is -2.57. The predicted molar refractivity (Wildman–Crippen MR) is 285 cm³/mol. The molecule has 0 spiro atoms. The lowest BCUT2D eigenvalue weighted by atomic mass is 9.85. The van der Waals surface area contributed by atoms with Crippen LogP contribution in [0.4, 0.5) is 0 Å². The molecule has 6 atom stereocenters. The van der Waals surface area contributed by atoms with Gasteiger partial charge < -0.3 is 35.1 Å². The minimum absolute atomic E-state index is 0.0177. The Kier molecular flexibility index (Phi) is 14.5. The Morgan fingerprint density at radius 2 is 1.66 bits per heavy atom. The summed E-state index contributed by atoms with van der Waals surface area (Å²) in [5.74, 6) is 0.0125. The van der Waals surface area contributed by atoms with Crippen LogP contribution in [0.15, 0.2) is 93.7 Å². The lowest BCUT2D eigenvalue weighted by Gasteiger charge is -2.35. The molecule has 0 saturated carbocycles. The molecule has 4 N–H and O–H groups in total. The molecule has 15 nitrogen and oxygen atoms in total. The topological polar surface area (TPSA) is 193 Å². The SMILES string of the molecule is Cc1ccsc1-c1ccc(C(C)NC(=O)[C@@H]2C[C@@H](O)CN2C(=O)[C@@H](NC(=O)c2cc3cc(O[C@H](C)CNC(=O)CC4N=C(c5ccc(Cl)cc5)c5c(sc(C)c5C)-n5c(C)nnc54)ccc3o2)C(C)(C)C)cc1. The summed E-state index contributed by atoms with van der Waals surface area (Å²) in [6, 6.07) is 21.4. The fourth-order valence-electron chi connectivity index (χ4n) is 9.43. The summed E-state index contributed by atoms with van der Waals surface area (Å²) in [5, 5.41) is 32.8. The van der Waals surface area contributed by atoms with E-state index in [4.69, 9.17) is 25.7 Å². The number of ether oxygens (including phenoxy) is 1. The summed E-state index contributed by atoms with van der Waals surface area (Å²) >= 11 is 9.59. The molecule has 6 heterocycles. The number of carbonyl (C=O) groups is 4. The van der Waals surface area contributed by atoms with Crippen LogP contribution in [0.1, 0.15) is 114 Å². The lowest BCUT2D eigenvalue weighted by molar-refractivity contribution is -0.142. The van der Waals surface area contributed by atoms with E-state index in [1.807, 2.05) is 94.6 Å². The number of fused-ring (bicyclic) bond motifs is 4. The van der Waals surface area contributed by atoms with Gasteiger partial charge in [0.15, 0.2) is 11.6 Å². The average Bonchev–Trinajstić information content (AvgIpc) is 4.19. The summed E-state index contributed by atoms with van der Waals surface area (Å²) in [6.45, 7) is 17.5. The second kappa shape index (κ2) is 20.7. The van der Waals surface area contributed by atoms with Gasteiger partial charge in [-0.3, -0.25) is 28.7 Å². The van der Waals surface area contributed by atoms with Crippen molar-refractivity contribution in [2.45, 2.75) is 112 Å². The number of aliphatic imine (C=N–C) groups is 1. The zero-order valence-corrected chi connectivity index (χ0v) is 44.6. The summed E-state index contributed by atoms with van der Waals surface area (Å²) in [5.41, 5.74) is 6.56. The molecule has 9 rings (SSSR count). The Morgan fingerprint density at radius 3 is 2.36 bits per heavy atom. The van der Waals surface area contributed by atoms with Crippen LogP contribution in [-0.2, 0) is 14.4 Å². The number of benzene rings is 3. The highest BCUT2D eigenvalue weighted by Crippen LogP contribution is 2.40.